The molecule has 1 aromatic heterocycles. The Labute approximate surface area is 115 Å². The fraction of sp³-hybridized carbons (Fsp3) is 0.0769. The summed E-state index contributed by atoms with van der Waals surface area (Å²) in [6, 6.07) is 9.45. The molecular weight excluding hydrogens is 265 g/mol. The summed E-state index contributed by atoms with van der Waals surface area (Å²) in [6.45, 7) is 0. The highest BCUT2D eigenvalue weighted by atomic mass is 32.1. The third-order valence-electron chi connectivity index (χ3n) is 2.43. The first-order valence-corrected chi connectivity index (χ1v) is 5.88. The number of ether oxygens (including phenoxy) is 1. The minimum Gasteiger partial charge on any atom is -0.494 e. The summed E-state index contributed by atoms with van der Waals surface area (Å²) in [6.07, 6.45) is 0. The van der Waals surface area contributed by atoms with E-state index in [0.29, 0.717) is 22.9 Å². The molecule has 0 saturated carbocycles. The van der Waals surface area contributed by atoms with Gasteiger partial charge in [0.2, 0.25) is 0 Å². The van der Waals surface area contributed by atoms with Crippen molar-refractivity contribution in [2.24, 2.45) is 5.73 Å². The van der Waals surface area contributed by atoms with Crippen molar-refractivity contribution in [1.29, 1.82) is 0 Å². The van der Waals surface area contributed by atoms with E-state index in [-0.39, 0.29) is 10.8 Å². The Bertz CT molecular complexity index is 619. The molecule has 4 nitrogen and oxygen atoms in total. The van der Waals surface area contributed by atoms with Gasteiger partial charge in [-0.25, -0.2) is 9.37 Å². The van der Waals surface area contributed by atoms with E-state index < -0.39 is 0 Å². The number of anilines is 2. The normalized spacial score (nSPS) is 10.0. The Hall–Kier alpha value is -2.21. The molecule has 1 heterocycles. The smallest absolute Gasteiger partial charge is 0.145 e. The zero-order valence-electron chi connectivity index (χ0n) is 10.2. The quantitative estimate of drug-likeness (QED) is 0.841. The van der Waals surface area contributed by atoms with E-state index in [1.807, 2.05) is 0 Å². The molecule has 1 aromatic carbocycles. The van der Waals surface area contributed by atoms with Gasteiger partial charge in [0.1, 0.15) is 22.4 Å². The molecule has 3 N–H and O–H groups in total. The number of nitrogens with one attached hydrogen (secondary N) is 1. The number of rotatable bonds is 4. The Morgan fingerprint density at radius 3 is 2.84 bits per heavy atom. The summed E-state index contributed by atoms with van der Waals surface area (Å²) < 4.78 is 18.2. The number of benzene rings is 1. The molecule has 0 radical (unpaired) electrons. The molecule has 2 rings (SSSR count). The van der Waals surface area contributed by atoms with Gasteiger partial charge in [-0.3, -0.25) is 0 Å². The minimum absolute atomic E-state index is 0.217. The SMILES string of the molecule is COc1cc(F)ccc1Nc1cccc(C(N)=S)n1. The summed E-state index contributed by atoms with van der Waals surface area (Å²) in [5, 5.41) is 3.03. The zero-order chi connectivity index (χ0) is 13.8. The van der Waals surface area contributed by atoms with Crippen LogP contribution in [0.2, 0.25) is 0 Å². The van der Waals surface area contributed by atoms with Gasteiger partial charge in [0.15, 0.2) is 0 Å². The van der Waals surface area contributed by atoms with E-state index in [1.165, 1.54) is 19.2 Å². The Balaban J connectivity index is 2.30. The van der Waals surface area contributed by atoms with Crippen LogP contribution in [0.5, 0.6) is 5.75 Å². The molecule has 2 aromatic rings. The van der Waals surface area contributed by atoms with Crippen molar-refractivity contribution in [2.75, 3.05) is 12.4 Å². The van der Waals surface area contributed by atoms with Crippen molar-refractivity contribution >= 4 is 28.7 Å². The van der Waals surface area contributed by atoms with Crippen molar-refractivity contribution in [3.05, 3.63) is 47.9 Å². The van der Waals surface area contributed by atoms with E-state index in [9.17, 15) is 4.39 Å². The molecule has 0 aliphatic rings. The summed E-state index contributed by atoms with van der Waals surface area (Å²) in [7, 11) is 1.47. The summed E-state index contributed by atoms with van der Waals surface area (Å²) in [5.41, 5.74) is 6.64. The van der Waals surface area contributed by atoms with Crippen molar-refractivity contribution < 1.29 is 9.13 Å². The number of hydrogen-bond donors (Lipinski definition) is 2. The van der Waals surface area contributed by atoms with Crippen LogP contribution in [-0.4, -0.2) is 17.1 Å². The van der Waals surface area contributed by atoms with Gasteiger partial charge < -0.3 is 15.8 Å². The number of aromatic nitrogens is 1. The van der Waals surface area contributed by atoms with Crippen LogP contribution in [0.3, 0.4) is 0 Å². The monoisotopic (exact) mass is 277 g/mol. The summed E-state index contributed by atoms with van der Waals surface area (Å²) in [4.78, 5) is 4.46. The van der Waals surface area contributed by atoms with Crippen LogP contribution in [-0.2, 0) is 0 Å². The summed E-state index contributed by atoms with van der Waals surface area (Å²) in [5.74, 6) is 0.574. The lowest BCUT2D eigenvalue weighted by Crippen LogP contribution is -2.12. The molecule has 0 fully saturated rings. The third kappa shape index (κ3) is 3.17. The van der Waals surface area contributed by atoms with Gasteiger partial charge >= 0.3 is 0 Å². The Morgan fingerprint density at radius 2 is 2.16 bits per heavy atom. The highest BCUT2D eigenvalue weighted by Crippen LogP contribution is 2.27. The highest BCUT2D eigenvalue weighted by molar-refractivity contribution is 7.80. The fourth-order valence-corrected chi connectivity index (χ4v) is 1.66. The minimum atomic E-state index is -0.368. The second-order valence-electron chi connectivity index (χ2n) is 3.74. The Morgan fingerprint density at radius 1 is 1.37 bits per heavy atom. The van der Waals surface area contributed by atoms with Gasteiger partial charge in [-0.15, -0.1) is 0 Å². The van der Waals surface area contributed by atoms with E-state index in [2.05, 4.69) is 10.3 Å². The first-order chi connectivity index (χ1) is 9.10. The highest BCUT2D eigenvalue weighted by Gasteiger charge is 2.06. The number of hydrogen-bond acceptors (Lipinski definition) is 4. The standard InChI is InChI=1S/C13H12FN3OS/c1-18-11-7-8(14)5-6-9(11)16-12-4-2-3-10(17-12)13(15)19/h2-7H,1H3,(H2,15,19)(H,16,17). The predicted molar refractivity (Wildman–Crippen MR) is 76.4 cm³/mol. The van der Waals surface area contributed by atoms with E-state index >= 15 is 0 Å². The summed E-state index contributed by atoms with van der Waals surface area (Å²) >= 11 is 4.87. The molecule has 0 bridgehead atoms. The first-order valence-electron chi connectivity index (χ1n) is 5.47. The molecule has 0 atom stereocenters. The van der Waals surface area contributed by atoms with Crippen LogP contribution in [0, 0.1) is 5.82 Å². The molecule has 0 unspecified atom stereocenters. The largest absolute Gasteiger partial charge is 0.494 e. The van der Waals surface area contributed by atoms with Crippen molar-refractivity contribution in [1.82, 2.24) is 4.98 Å². The lowest BCUT2D eigenvalue weighted by Gasteiger charge is -2.11. The van der Waals surface area contributed by atoms with Crippen LogP contribution in [0.1, 0.15) is 5.69 Å². The number of thiocarbonyl (C=S) groups is 1. The Kier molecular flexibility index (Phi) is 3.91. The fourth-order valence-electron chi connectivity index (χ4n) is 1.55. The number of pyridine rings is 1. The maximum atomic E-state index is 13.1. The first kappa shape index (κ1) is 13.2. The number of methoxy groups -OCH3 is 1. The molecule has 0 saturated heterocycles. The lowest BCUT2D eigenvalue weighted by molar-refractivity contribution is 0.413. The van der Waals surface area contributed by atoms with Crippen molar-refractivity contribution in [2.45, 2.75) is 0 Å². The maximum absolute atomic E-state index is 13.1. The van der Waals surface area contributed by atoms with Gasteiger partial charge in [-0.2, -0.15) is 0 Å². The molecular formula is C13H12FN3OS. The van der Waals surface area contributed by atoms with Crippen LogP contribution >= 0.6 is 12.2 Å². The number of nitrogens with zero attached hydrogens (tertiary/aromatic N) is 1. The molecule has 0 aliphatic heterocycles. The van der Waals surface area contributed by atoms with Crippen molar-refractivity contribution in [3.63, 3.8) is 0 Å². The van der Waals surface area contributed by atoms with Gasteiger partial charge in [0.25, 0.3) is 0 Å². The van der Waals surface area contributed by atoms with Crippen molar-refractivity contribution in [3.8, 4) is 5.75 Å². The van der Waals surface area contributed by atoms with E-state index in [4.69, 9.17) is 22.7 Å². The van der Waals surface area contributed by atoms with E-state index in [0.717, 1.165) is 0 Å². The zero-order valence-corrected chi connectivity index (χ0v) is 11.0. The maximum Gasteiger partial charge on any atom is 0.145 e. The second-order valence-corrected chi connectivity index (χ2v) is 4.18. The van der Waals surface area contributed by atoms with Gasteiger partial charge in [0.05, 0.1) is 18.5 Å². The van der Waals surface area contributed by atoms with Crippen LogP contribution < -0.4 is 15.8 Å². The number of nitrogens with two attached hydrogens (primary N) is 1. The molecule has 0 spiro atoms. The predicted octanol–water partition coefficient (Wildman–Crippen LogP) is 2.61. The molecule has 0 aliphatic carbocycles. The van der Waals surface area contributed by atoms with Crippen LogP contribution in [0.25, 0.3) is 0 Å². The van der Waals surface area contributed by atoms with Gasteiger partial charge in [-0.1, -0.05) is 18.3 Å². The van der Waals surface area contributed by atoms with Gasteiger partial charge in [0, 0.05) is 6.07 Å². The van der Waals surface area contributed by atoms with E-state index in [1.54, 1.807) is 24.3 Å². The third-order valence-corrected chi connectivity index (χ3v) is 2.64. The number of halogens is 1. The molecule has 6 heteroatoms. The van der Waals surface area contributed by atoms with Crippen LogP contribution in [0.4, 0.5) is 15.9 Å². The van der Waals surface area contributed by atoms with Crippen LogP contribution in [0.15, 0.2) is 36.4 Å². The lowest BCUT2D eigenvalue weighted by atomic mass is 10.2. The topological polar surface area (TPSA) is 60.2 Å². The average molecular weight is 277 g/mol. The second kappa shape index (κ2) is 5.62. The molecule has 19 heavy (non-hydrogen) atoms. The molecule has 98 valence electrons. The molecule has 0 amide bonds. The average Bonchev–Trinajstić information content (AvgIpc) is 2.41. The van der Waals surface area contributed by atoms with Gasteiger partial charge in [-0.05, 0) is 24.3 Å².